The molecule has 12 nitrogen and oxygen atoms in total. The fourth-order valence-electron chi connectivity index (χ4n) is 6.12. The molecule has 4 amide bonds. The molecular weight excluding hydrogens is 665 g/mol. The summed E-state index contributed by atoms with van der Waals surface area (Å²) in [7, 11) is 2.97. The van der Waals surface area contributed by atoms with Crippen LogP contribution in [-0.2, 0) is 13.2 Å². The number of urea groups is 1. The minimum Gasteiger partial charge on any atom is -0.339 e. The molecule has 1 atom stereocenters. The van der Waals surface area contributed by atoms with Crippen molar-refractivity contribution in [3.8, 4) is 11.3 Å². The summed E-state index contributed by atoms with van der Waals surface area (Å²) in [6, 6.07) is 2.75. The van der Waals surface area contributed by atoms with Crippen LogP contribution in [0, 0.1) is 0 Å². The highest BCUT2D eigenvalue weighted by Gasteiger charge is 2.59. The zero-order valence-corrected chi connectivity index (χ0v) is 26.7. The van der Waals surface area contributed by atoms with Gasteiger partial charge in [0.15, 0.2) is 11.5 Å². The summed E-state index contributed by atoms with van der Waals surface area (Å²) < 4.78 is 70.1. The summed E-state index contributed by atoms with van der Waals surface area (Å²) in [6.45, 7) is 0.966. The number of imidazole rings is 1. The van der Waals surface area contributed by atoms with Crippen molar-refractivity contribution in [2.45, 2.75) is 68.4 Å². The number of carbonyl (C=O) groups is 3. The van der Waals surface area contributed by atoms with Gasteiger partial charge in [0.25, 0.3) is 17.7 Å². The minimum atomic E-state index is -4.94. The summed E-state index contributed by atoms with van der Waals surface area (Å²) in [5.74, 6) is -4.55. The first kappa shape index (κ1) is 33.6. The Bertz CT molecular complexity index is 1750. The number of nitrogens with two attached hydrogens (primary N) is 1. The van der Waals surface area contributed by atoms with E-state index in [1.807, 2.05) is 0 Å². The molecule has 1 aromatic carbocycles. The van der Waals surface area contributed by atoms with Gasteiger partial charge in [-0.15, -0.1) is 0 Å². The van der Waals surface area contributed by atoms with Gasteiger partial charge in [0, 0.05) is 63.6 Å². The molecule has 3 fully saturated rings. The average Bonchev–Trinajstić information content (AvgIpc) is 3.30. The molecular formula is C30H33ClF5N9O3. The molecule has 3 aliphatic rings. The third kappa shape index (κ3) is 6.57. The van der Waals surface area contributed by atoms with Gasteiger partial charge in [0.05, 0.1) is 28.0 Å². The van der Waals surface area contributed by atoms with Crippen LogP contribution in [0.15, 0.2) is 30.6 Å². The van der Waals surface area contributed by atoms with Crippen molar-refractivity contribution in [2.75, 3.05) is 25.5 Å². The Labute approximate surface area is 276 Å². The number of rotatable bonds is 7. The van der Waals surface area contributed by atoms with Crippen molar-refractivity contribution in [1.29, 1.82) is 0 Å². The fraction of sp³-hybridized carbons (Fsp3) is 0.500. The molecule has 3 aromatic rings. The zero-order valence-electron chi connectivity index (χ0n) is 25.9. The summed E-state index contributed by atoms with van der Waals surface area (Å²) in [4.78, 5) is 46.2. The van der Waals surface area contributed by atoms with Crippen molar-refractivity contribution in [2.24, 2.45) is 12.8 Å². The van der Waals surface area contributed by atoms with E-state index in [9.17, 15) is 36.3 Å². The van der Waals surface area contributed by atoms with Crippen LogP contribution in [0.5, 0.6) is 0 Å². The van der Waals surface area contributed by atoms with Crippen molar-refractivity contribution < 1.29 is 36.3 Å². The molecule has 1 unspecified atom stereocenters. The van der Waals surface area contributed by atoms with E-state index in [1.165, 1.54) is 25.2 Å². The maximum absolute atomic E-state index is 13.8. The molecule has 2 aliphatic carbocycles. The molecule has 18 heteroatoms. The molecule has 1 saturated heterocycles. The highest BCUT2D eigenvalue weighted by molar-refractivity contribution is 6.34. The Morgan fingerprint density at radius 3 is 2.40 bits per heavy atom. The number of nitrogens with zero attached hydrogens (tertiary/aromatic N) is 6. The standard InChI is InChI=1S/C30H33ClF5N9O3/c1-42(18-5-7-44(8-6-18)28(48)40-17-9-15(37)10-17)27(47)19-4-3-16(11-21(19)31)39-26(46)25-38-13-22(43(25)2)20-14-45(23-12-29(23,32)33)41-24(20)30(34,35)36/h3-4,11,13-15,17-18,23H,5-10,12,37H2,1-2H3,(H,39,46)(H,40,48)/t15-,17+,23?. The van der Waals surface area contributed by atoms with Crippen molar-refractivity contribution in [3.63, 3.8) is 0 Å². The molecule has 4 N–H and O–H groups in total. The molecule has 2 saturated carbocycles. The molecule has 258 valence electrons. The van der Waals surface area contributed by atoms with Crippen molar-refractivity contribution in [3.05, 3.63) is 52.7 Å². The maximum atomic E-state index is 13.8. The third-order valence-corrected chi connectivity index (χ3v) is 9.47. The second-order valence-corrected chi connectivity index (χ2v) is 12.9. The Morgan fingerprint density at radius 1 is 1.15 bits per heavy atom. The van der Waals surface area contributed by atoms with Gasteiger partial charge in [-0.25, -0.2) is 18.6 Å². The third-order valence-electron chi connectivity index (χ3n) is 9.16. The van der Waals surface area contributed by atoms with Crippen LogP contribution in [0.2, 0.25) is 5.02 Å². The maximum Gasteiger partial charge on any atom is 0.435 e. The molecule has 6 rings (SSSR count). The molecule has 1 aliphatic heterocycles. The van der Waals surface area contributed by atoms with Gasteiger partial charge in [-0.05, 0) is 43.9 Å². The van der Waals surface area contributed by atoms with E-state index in [0.29, 0.717) is 30.6 Å². The first-order valence-corrected chi connectivity index (χ1v) is 15.7. The van der Waals surface area contributed by atoms with Gasteiger partial charge in [0.2, 0.25) is 0 Å². The second kappa shape index (κ2) is 12.3. The van der Waals surface area contributed by atoms with E-state index in [1.54, 1.807) is 16.8 Å². The quantitative estimate of drug-likeness (QED) is 0.310. The highest BCUT2D eigenvalue weighted by Crippen LogP contribution is 2.53. The number of hydrogen-bond acceptors (Lipinski definition) is 6. The number of nitrogens with one attached hydrogen (secondary N) is 2. The fourth-order valence-corrected chi connectivity index (χ4v) is 6.38. The van der Waals surface area contributed by atoms with Gasteiger partial charge in [0.1, 0.15) is 6.04 Å². The smallest absolute Gasteiger partial charge is 0.339 e. The number of anilines is 1. The minimum absolute atomic E-state index is 0.0554. The number of amides is 4. The number of likely N-dealkylation sites (tertiary alicyclic amines) is 1. The SMILES string of the molecule is CN(C(=O)c1ccc(NC(=O)c2ncc(-c3cn(C4CC4(F)F)nc3C(F)(F)F)n2C)cc1Cl)C1CCN(C(=O)N[C@H]2C[C@@H](N)C2)CC1. The number of aromatic nitrogens is 4. The van der Waals surface area contributed by atoms with Gasteiger partial charge in [-0.2, -0.15) is 18.3 Å². The lowest BCUT2D eigenvalue weighted by atomic mass is 9.88. The number of piperidine rings is 1. The monoisotopic (exact) mass is 697 g/mol. The lowest BCUT2D eigenvalue weighted by Gasteiger charge is -2.39. The van der Waals surface area contributed by atoms with E-state index in [-0.39, 0.29) is 57.9 Å². The van der Waals surface area contributed by atoms with Crippen LogP contribution in [-0.4, -0.2) is 91.2 Å². The number of halogens is 6. The lowest BCUT2D eigenvalue weighted by Crippen LogP contribution is -2.56. The Morgan fingerprint density at radius 2 is 1.81 bits per heavy atom. The van der Waals surface area contributed by atoms with Gasteiger partial charge in [-0.3, -0.25) is 14.3 Å². The zero-order chi connectivity index (χ0) is 34.7. The summed E-state index contributed by atoms with van der Waals surface area (Å²) in [5.41, 5.74) is 4.15. The highest BCUT2D eigenvalue weighted by atomic mass is 35.5. The number of benzene rings is 1. The van der Waals surface area contributed by atoms with Gasteiger partial charge in [-0.1, -0.05) is 11.6 Å². The van der Waals surface area contributed by atoms with Crippen molar-refractivity contribution in [1.82, 2.24) is 34.4 Å². The Hall–Kier alpha value is -4.25. The number of carbonyl (C=O) groups excluding carboxylic acids is 3. The van der Waals surface area contributed by atoms with Gasteiger partial charge >= 0.3 is 12.2 Å². The summed E-state index contributed by atoms with van der Waals surface area (Å²) in [5, 5.41) is 8.99. The summed E-state index contributed by atoms with van der Waals surface area (Å²) in [6.07, 6.45) is -0.969. The van der Waals surface area contributed by atoms with Crippen LogP contribution in [0.3, 0.4) is 0 Å². The number of alkyl halides is 5. The summed E-state index contributed by atoms with van der Waals surface area (Å²) >= 11 is 6.45. The van der Waals surface area contributed by atoms with E-state index >= 15 is 0 Å². The molecule has 48 heavy (non-hydrogen) atoms. The number of hydrogen-bond donors (Lipinski definition) is 3. The molecule has 0 bridgehead atoms. The largest absolute Gasteiger partial charge is 0.435 e. The van der Waals surface area contributed by atoms with Crippen LogP contribution >= 0.6 is 11.6 Å². The normalized spacial score (nSPS) is 22.2. The Balaban J connectivity index is 1.09. The van der Waals surface area contributed by atoms with Crippen LogP contribution in [0.1, 0.15) is 64.8 Å². The Kier molecular flexibility index (Phi) is 8.64. The predicted octanol–water partition coefficient (Wildman–Crippen LogP) is 4.52. The van der Waals surface area contributed by atoms with Crippen LogP contribution < -0.4 is 16.4 Å². The first-order valence-electron chi connectivity index (χ1n) is 15.3. The molecule has 2 aromatic heterocycles. The van der Waals surface area contributed by atoms with E-state index in [0.717, 1.165) is 29.8 Å². The average molecular weight is 698 g/mol. The first-order chi connectivity index (χ1) is 22.5. The molecule has 0 radical (unpaired) electrons. The van der Waals surface area contributed by atoms with E-state index < -0.39 is 41.7 Å². The van der Waals surface area contributed by atoms with Gasteiger partial charge < -0.3 is 30.7 Å². The second-order valence-electron chi connectivity index (χ2n) is 12.5. The molecule has 0 spiro atoms. The predicted molar refractivity (Wildman–Crippen MR) is 164 cm³/mol. The lowest BCUT2D eigenvalue weighted by molar-refractivity contribution is -0.141. The van der Waals surface area contributed by atoms with Crippen LogP contribution in [0.25, 0.3) is 11.3 Å². The van der Waals surface area contributed by atoms with Crippen molar-refractivity contribution >= 4 is 35.1 Å². The topological polar surface area (TPSA) is 143 Å². The van der Waals surface area contributed by atoms with Crippen LogP contribution in [0.4, 0.5) is 32.4 Å². The van der Waals surface area contributed by atoms with E-state index in [2.05, 4.69) is 20.7 Å². The molecule has 3 heterocycles. The van der Waals surface area contributed by atoms with E-state index in [4.69, 9.17) is 17.3 Å².